The van der Waals surface area contributed by atoms with Crippen molar-refractivity contribution < 1.29 is 4.79 Å². The highest BCUT2D eigenvalue weighted by Gasteiger charge is 2.21. The number of nitrogens with two attached hydrogens (primary N) is 1. The first kappa shape index (κ1) is 14.2. The Balaban J connectivity index is 2.27. The van der Waals surface area contributed by atoms with Crippen molar-refractivity contribution >= 4 is 23.2 Å². The molecule has 0 spiro atoms. The molecule has 0 unspecified atom stereocenters. The number of likely N-dealkylation sites (tertiary alicyclic amines) is 1. The number of urea groups is 1. The van der Waals surface area contributed by atoms with Gasteiger partial charge in [-0.25, -0.2) is 4.79 Å². The molecule has 0 aromatic heterocycles. The smallest absolute Gasteiger partial charge is 0.317 e. The van der Waals surface area contributed by atoms with Crippen LogP contribution in [-0.2, 0) is 0 Å². The Morgan fingerprint density at radius 1 is 1.53 bits per heavy atom. The van der Waals surface area contributed by atoms with Crippen LogP contribution in [0.2, 0.25) is 0 Å². The fourth-order valence-electron chi connectivity index (χ4n) is 1.88. The molecule has 0 radical (unpaired) electrons. The Morgan fingerprint density at radius 3 is 2.59 bits per heavy atom. The minimum absolute atomic E-state index is 0.0142. The van der Waals surface area contributed by atoms with E-state index in [0.29, 0.717) is 11.5 Å². The summed E-state index contributed by atoms with van der Waals surface area (Å²) in [4.78, 5) is 16.1. The average molecular weight is 258 g/mol. The number of rotatable bonds is 4. The summed E-state index contributed by atoms with van der Waals surface area (Å²) in [5.41, 5.74) is 5.51. The molecule has 5 nitrogen and oxygen atoms in total. The summed E-state index contributed by atoms with van der Waals surface area (Å²) in [6.45, 7) is 5.26. The highest BCUT2D eigenvalue weighted by atomic mass is 32.1. The molecule has 98 valence electrons. The van der Waals surface area contributed by atoms with E-state index in [1.165, 1.54) is 0 Å². The van der Waals surface area contributed by atoms with Crippen molar-refractivity contribution in [2.75, 3.05) is 33.2 Å². The Kier molecular flexibility index (Phi) is 5.64. The first-order valence-electron chi connectivity index (χ1n) is 6.05. The average Bonchev–Trinajstić information content (AvgIpc) is 2.30. The molecule has 6 heteroatoms. The second-order valence-electron chi connectivity index (χ2n) is 4.48. The summed E-state index contributed by atoms with van der Waals surface area (Å²) in [7, 11) is 1.80. The van der Waals surface area contributed by atoms with Gasteiger partial charge in [-0.15, -0.1) is 0 Å². The lowest BCUT2D eigenvalue weighted by atomic mass is 10.1. The third kappa shape index (κ3) is 4.87. The van der Waals surface area contributed by atoms with Crippen molar-refractivity contribution in [3.8, 4) is 0 Å². The van der Waals surface area contributed by atoms with Crippen LogP contribution in [0.3, 0.4) is 0 Å². The summed E-state index contributed by atoms with van der Waals surface area (Å²) in [5, 5.41) is 3.04. The monoisotopic (exact) mass is 258 g/mol. The molecular formula is C11H22N4OS. The van der Waals surface area contributed by atoms with Crippen molar-refractivity contribution in [3.63, 3.8) is 0 Å². The number of piperidine rings is 1. The Labute approximate surface area is 108 Å². The Hall–Kier alpha value is -0.880. The third-order valence-electron chi connectivity index (χ3n) is 3.12. The minimum atomic E-state index is 0.0142. The summed E-state index contributed by atoms with van der Waals surface area (Å²) in [6, 6.07) is 0.291. The molecule has 2 amide bonds. The standard InChI is InChI=1S/C11H22N4OS/c1-3-14(2)11(16)13-9-4-6-15(7-5-9)8-10(12)17/h9H,3-8H2,1-2H3,(H2,12,17)(H,13,16). The second kappa shape index (κ2) is 6.76. The Bertz CT molecular complexity index is 277. The second-order valence-corrected chi connectivity index (χ2v) is 5.00. The van der Waals surface area contributed by atoms with Crippen LogP contribution < -0.4 is 11.1 Å². The number of amides is 2. The van der Waals surface area contributed by atoms with Crippen LogP contribution in [-0.4, -0.2) is 60.1 Å². The molecule has 1 saturated heterocycles. The van der Waals surface area contributed by atoms with Crippen LogP contribution >= 0.6 is 12.2 Å². The molecule has 1 aliphatic rings. The van der Waals surface area contributed by atoms with Crippen LogP contribution in [0.5, 0.6) is 0 Å². The zero-order valence-corrected chi connectivity index (χ0v) is 11.4. The molecule has 1 rings (SSSR count). The largest absolute Gasteiger partial charge is 0.392 e. The zero-order chi connectivity index (χ0) is 12.8. The number of nitrogens with zero attached hydrogens (tertiary/aromatic N) is 2. The molecule has 0 aromatic carbocycles. The SMILES string of the molecule is CCN(C)C(=O)NC1CCN(CC(N)=S)CC1. The number of carbonyl (C=O) groups excluding carboxylic acids is 1. The van der Waals surface area contributed by atoms with Gasteiger partial charge < -0.3 is 16.0 Å². The van der Waals surface area contributed by atoms with Gasteiger partial charge in [-0.1, -0.05) is 12.2 Å². The van der Waals surface area contributed by atoms with Crippen molar-refractivity contribution in [1.29, 1.82) is 0 Å². The maximum absolute atomic E-state index is 11.7. The van der Waals surface area contributed by atoms with Gasteiger partial charge in [0.05, 0.1) is 4.99 Å². The fraction of sp³-hybridized carbons (Fsp3) is 0.818. The molecule has 1 fully saturated rings. The van der Waals surface area contributed by atoms with E-state index in [4.69, 9.17) is 18.0 Å². The lowest BCUT2D eigenvalue weighted by Crippen LogP contribution is -2.49. The summed E-state index contributed by atoms with van der Waals surface area (Å²) >= 11 is 4.89. The first-order chi connectivity index (χ1) is 8.02. The van der Waals surface area contributed by atoms with E-state index in [1.807, 2.05) is 6.92 Å². The highest BCUT2D eigenvalue weighted by molar-refractivity contribution is 7.80. The van der Waals surface area contributed by atoms with E-state index in [2.05, 4.69) is 10.2 Å². The lowest BCUT2D eigenvalue weighted by Gasteiger charge is -2.32. The highest BCUT2D eigenvalue weighted by Crippen LogP contribution is 2.10. The van der Waals surface area contributed by atoms with Gasteiger partial charge in [-0.05, 0) is 19.8 Å². The van der Waals surface area contributed by atoms with Crippen LogP contribution in [0.4, 0.5) is 4.79 Å². The van der Waals surface area contributed by atoms with E-state index in [0.717, 1.165) is 32.5 Å². The summed E-state index contributed by atoms with van der Waals surface area (Å²) in [5.74, 6) is 0. The molecule has 0 saturated carbocycles. The first-order valence-corrected chi connectivity index (χ1v) is 6.46. The third-order valence-corrected chi connectivity index (χ3v) is 3.24. The number of carbonyl (C=O) groups is 1. The lowest BCUT2D eigenvalue weighted by molar-refractivity contribution is 0.188. The number of hydrogen-bond acceptors (Lipinski definition) is 3. The molecular weight excluding hydrogens is 236 g/mol. The molecule has 3 N–H and O–H groups in total. The molecule has 0 atom stereocenters. The quantitative estimate of drug-likeness (QED) is 0.717. The maximum atomic E-state index is 11.7. The normalized spacial score (nSPS) is 17.8. The van der Waals surface area contributed by atoms with Gasteiger partial charge in [-0.2, -0.15) is 0 Å². The van der Waals surface area contributed by atoms with Gasteiger partial charge in [0.1, 0.15) is 0 Å². The molecule has 0 aromatic rings. The van der Waals surface area contributed by atoms with Crippen molar-refractivity contribution in [2.45, 2.75) is 25.8 Å². The van der Waals surface area contributed by atoms with E-state index >= 15 is 0 Å². The van der Waals surface area contributed by atoms with Crippen LogP contribution in [0, 0.1) is 0 Å². The van der Waals surface area contributed by atoms with Crippen molar-refractivity contribution in [1.82, 2.24) is 15.1 Å². The van der Waals surface area contributed by atoms with Gasteiger partial charge in [0.15, 0.2) is 0 Å². The molecule has 1 aliphatic heterocycles. The number of thiocarbonyl (C=S) groups is 1. The molecule has 1 heterocycles. The summed E-state index contributed by atoms with van der Waals surface area (Å²) in [6.07, 6.45) is 1.93. The van der Waals surface area contributed by atoms with Gasteiger partial charge in [0.2, 0.25) is 0 Å². The predicted molar refractivity (Wildman–Crippen MR) is 73.1 cm³/mol. The van der Waals surface area contributed by atoms with Crippen LogP contribution in [0.15, 0.2) is 0 Å². The predicted octanol–water partition coefficient (Wildman–Crippen LogP) is 0.398. The maximum Gasteiger partial charge on any atom is 0.317 e. The fourth-order valence-corrected chi connectivity index (χ4v) is 2.07. The zero-order valence-electron chi connectivity index (χ0n) is 10.6. The minimum Gasteiger partial charge on any atom is -0.392 e. The topological polar surface area (TPSA) is 61.6 Å². The van der Waals surface area contributed by atoms with Crippen LogP contribution in [0.1, 0.15) is 19.8 Å². The number of hydrogen-bond donors (Lipinski definition) is 2. The van der Waals surface area contributed by atoms with E-state index in [9.17, 15) is 4.79 Å². The van der Waals surface area contributed by atoms with E-state index in [-0.39, 0.29) is 12.1 Å². The van der Waals surface area contributed by atoms with E-state index in [1.54, 1.807) is 11.9 Å². The van der Waals surface area contributed by atoms with Gasteiger partial charge in [-0.3, -0.25) is 4.90 Å². The van der Waals surface area contributed by atoms with Crippen molar-refractivity contribution in [3.05, 3.63) is 0 Å². The van der Waals surface area contributed by atoms with Crippen LogP contribution in [0.25, 0.3) is 0 Å². The van der Waals surface area contributed by atoms with Gasteiger partial charge in [0, 0.05) is 39.3 Å². The van der Waals surface area contributed by atoms with Crippen molar-refractivity contribution in [2.24, 2.45) is 5.73 Å². The molecule has 0 bridgehead atoms. The molecule has 0 aliphatic carbocycles. The molecule has 17 heavy (non-hydrogen) atoms. The van der Waals surface area contributed by atoms with E-state index < -0.39 is 0 Å². The number of nitrogens with one attached hydrogen (secondary N) is 1. The van der Waals surface area contributed by atoms with Gasteiger partial charge >= 0.3 is 6.03 Å². The van der Waals surface area contributed by atoms with Gasteiger partial charge in [0.25, 0.3) is 0 Å². The summed E-state index contributed by atoms with van der Waals surface area (Å²) < 4.78 is 0. The Morgan fingerprint density at radius 2 is 2.12 bits per heavy atom.